The highest BCUT2D eigenvalue weighted by Crippen LogP contribution is 2.06. The van der Waals surface area contributed by atoms with Gasteiger partial charge in [0.25, 0.3) is 0 Å². The number of allylic oxidation sites excluding steroid dienone is 1. The molecule has 0 amide bonds. The first-order chi connectivity index (χ1) is 8.24. The van der Waals surface area contributed by atoms with Crippen molar-refractivity contribution in [2.45, 2.75) is 6.42 Å². The van der Waals surface area contributed by atoms with E-state index >= 15 is 0 Å². The zero-order valence-electron chi connectivity index (χ0n) is 9.90. The molecule has 0 unspecified atom stereocenters. The molecule has 1 aromatic carbocycles. The number of rotatable bonds is 2. The predicted octanol–water partition coefficient (Wildman–Crippen LogP) is 0.759. The van der Waals surface area contributed by atoms with Gasteiger partial charge in [0.15, 0.2) is 0 Å². The molecule has 0 aromatic heterocycles. The third-order valence-corrected chi connectivity index (χ3v) is 2.70. The van der Waals surface area contributed by atoms with Gasteiger partial charge in [-0.05, 0) is 35.1 Å². The molecule has 0 atom stereocenters. The largest absolute Gasteiger partial charge is 0.497 e. The molecular formula is C14H14O3. The summed E-state index contributed by atoms with van der Waals surface area (Å²) in [5.74, 6) is 0.511. The lowest BCUT2D eigenvalue weighted by Gasteiger charge is -1.99. The van der Waals surface area contributed by atoms with Crippen molar-refractivity contribution in [2.24, 2.45) is 0 Å². The zero-order chi connectivity index (χ0) is 12.3. The van der Waals surface area contributed by atoms with E-state index in [1.807, 2.05) is 30.4 Å². The lowest BCUT2D eigenvalue weighted by Crippen LogP contribution is -2.24. The average Bonchev–Trinajstić information content (AvgIpc) is 2.58. The Hall–Kier alpha value is -2.03. The summed E-state index contributed by atoms with van der Waals surface area (Å²) in [6.07, 6.45) is 6.47. The van der Waals surface area contributed by atoms with Gasteiger partial charge in [-0.3, -0.25) is 0 Å². The molecule has 3 nitrogen and oxygen atoms in total. The van der Waals surface area contributed by atoms with E-state index in [-0.39, 0.29) is 5.97 Å². The highest BCUT2D eigenvalue weighted by Gasteiger charge is 2.07. The summed E-state index contributed by atoms with van der Waals surface area (Å²) in [6, 6.07) is 5.77. The van der Waals surface area contributed by atoms with Crippen molar-refractivity contribution in [2.75, 3.05) is 14.2 Å². The molecule has 1 aliphatic carbocycles. The van der Waals surface area contributed by atoms with Gasteiger partial charge in [-0.25, -0.2) is 4.79 Å². The second-order valence-corrected chi connectivity index (χ2v) is 3.73. The Morgan fingerprint density at radius 2 is 2.00 bits per heavy atom. The lowest BCUT2D eigenvalue weighted by atomic mass is 10.2. The number of methoxy groups -OCH3 is 2. The number of ether oxygens (including phenoxy) is 2. The van der Waals surface area contributed by atoms with Crippen LogP contribution in [0.2, 0.25) is 0 Å². The molecule has 0 spiro atoms. The van der Waals surface area contributed by atoms with Crippen molar-refractivity contribution in [3.05, 3.63) is 40.3 Å². The zero-order valence-corrected chi connectivity index (χ0v) is 9.90. The minimum atomic E-state index is -0.304. The third kappa shape index (κ3) is 2.38. The maximum Gasteiger partial charge on any atom is 0.337 e. The Labute approximate surface area is 99.7 Å². The van der Waals surface area contributed by atoms with Crippen LogP contribution in [0.3, 0.4) is 0 Å². The van der Waals surface area contributed by atoms with Crippen molar-refractivity contribution in [1.29, 1.82) is 0 Å². The molecule has 0 radical (unpaired) electrons. The first-order valence-electron chi connectivity index (χ1n) is 5.39. The summed E-state index contributed by atoms with van der Waals surface area (Å²) in [5.41, 5.74) is 0.590. The van der Waals surface area contributed by atoms with E-state index in [0.29, 0.717) is 12.0 Å². The molecular weight excluding hydrogens is 216 g/mol. The van der Waals surface area contributed by atoms with Crippen LogP contribution in [0, 0.1) is 0 Å². The molecule has 2 rings (SSSR count). The fraction of sp³-hybridized carbons (Fsp3) is 0.214. The average molecular weight is 230 g/mol. The van der Waals surface area contributed by atoms with E-state index in [1.165, 1.54) is 7.11 Å². The van der Waals surface area contributed by atoms with Crippen LogP contribution in [0.1, 0.15) is 6.42 Å². The molecule has 0 saturated carbocycles. The van der Waals surface area contributed by atoms with Gasteiger partial charge in [-0.2, -0.15) is 0 Å². The first kappa shape index (κ1) is 11.5. The second-order valence-electron chi connectivity index (χ2n) is 3.73. The van der Waals surface area contributed by atoms with E-state index in [2.05, 4.69) is 6.08 Å². The third-order valence-electron chi connectivity index (χ3n) is 2.70. The topological polar surface area (TPSA) is 35.5 Å². The summed E-state index contributed by atoms with van der Waals surface area (Å²) < 4.78 is 9.90. The fourth-order valence-electron chi connectivity index (χ4n) is 1.79. The summed E-state index contributed by atoms with van der Waals surface area (Å²) in [7, 11) is 3.03. The number of benzene rings is 1. The van der Waals surface area contributed by atoms with Gasteiger partial charge in [0.2, 0.25) is 0 Å². The summed E-state index contributed by atoms with van der Waals surface area (Å²) in [6.45, 7) is 0. The Morgan fingerprint density at radius 3 is 2.71 bits per heavy atom. The monoisotopic (exact) mass is 230 g/mol. The van der Waals surface area contributed by atoms with Crippen LogP contribution in [0.25, 0.3) is 12.2 Å². The van der Waals surface area contributed by atoms with Crippen LogP contribution < -0.4 is 15.2 Å². The predicted molar refractivity (Wildman–Crippen MR) is 65.9 cm³/mol. The fourth-order valence-corrected chi connectivity index (χ4v) is 1.79. The molecule has 0 aliphatic heterocycles. The number of hydrogen-bond donors (Lipinski definition) is 0. The standard InChI is InChI=1S/C14H14O3/c1-16-13-7-6-11-8-12(14(15)17-2)5-3-4-10(11)9-13/h4-9H,3H2,1-2H3. The summed E-state index contributed by atoms with van der Waals surface area (Å²) in [5, 5.41) is 2.07. The molecule has 1 aliphatic rings. The quantitative estimate of drug-likeness (QED) is 0.704. The molecule has 0 saturated heterocycles. The Kier molecular flexibility index (Phi) is 3.28. The molecule has 0 fully saturated rings. The maximum atomic E-state index is 11.5. The summed E-state index contributed by atoms with van der Waals surface area (Å²) in [4.78, 5) is 11.5. The van der Waals surface area contributed by atoms with Crippen molar-refractivity contribution >= 4 is 18.1 Å². The van der Waals surface area contributed by atoms with Crippen LogP contribution >= 0.6 is 0 Å². The number of fused-ring (bicyclic) bond motifs is 1. The van der Waals surface area contributed by atoms with Gasteiger partial charge >= 0.3 is 5.97 Å². The molecule has 0 N–H and O–H groups in total. The minimum Gasteiger partial charge on any atom is -0.497 e. The highest BCUT2D eigenvalue weighted by atomic mass is 16.5. The van der Waals surface area contributed by atoms with E-state index < -0.39 is 0 Å². The van der Waals surface area contributed by atoms with Gasteiger partial charge in [0, 0.05) is 0 Å². The van der Waals surface area contributed by atoms with Crippen LogP contribution in [0.15, 0.2) is 29.8 Å². The highest BCUT2D eigenvalue weighted by molar-refractivity contribution is 5.97. The van der Waals surface area contributed by atoms with Crippen molar-refractivity contribution in [1.82, 2.24) is 0 Å². The smallest absolute Gasteiger partial charge is 0.337 e. The SMILES string of the molecule is COC(=O)C1=CCC=c2cc(OC)ccc2=C1. The molecule has 88 valence electrons. The van der Waals surface area contributed by atoms with E-state index in [9.17, 15) is 4.79 Å². The van der Waals surface area contributed by atoms with Gasteiger partial charge < -0.3 is 9.47 Å². The maximum absolute atomic E-state index is 11.5. The van der Waals surface area contributed by atoms with Gasteiger partial charge in [0.1, 0.15) is 5.75 Å². The van der Waals surface area contributed by atoms with Crippen LogP contribution in [-0.4, -0.2) is 20.2 Å². The molecule has 0 bridgehead atoms. The van der Waals surface area contributed by atoms with Gasteiger partial charge in [-0.1, -0.05) is 18.2 Å². The number of carbonyl (C=O) groups is 1. The van der Waals surface area contributed by atoms with Crippen LogP contribution in [0.4, 0.5) is 0 Å². The van der Waals surface area contributed by atoms with Crippen LogP contribution in [0.5, 0.6) is 5.75 Å². The number of carbonyl (C=O) groups excluding carboxylic acids is 1. The van der Waals surface area contributed by atoms with Crippen molar-refractivity contribution in [3.63, 3.8) is 0 Å². The van der Waals surface area contributed by atoms with E-state index in [0.717, 1.165) is 16.2 Å². The number of esters is 1. The van der Waals surface area contributed by atoms with Crippen molar-refractivity contribution < 1.29 is 14.3 Å². The van der Waals surface area contributed by atoms with E-state index in [4.69, 9.17) is 9.47 Å². The lowest BCUT2D eigenvalue weighted by molar-refractivity contribution is -0.135. The van der Waals surface area contributed by atoms with Crippen LogP contribution in [-0.2, 0) is 9.53 Å². The molecule has 17 heavy (non-hydrogen) atoms. The Morgan fingerprint density at radius 1 is 1.18 bits per heavy atom. The van der Waals surface area contributed by atoms with E-state index in [1.54, 1.807) is 7.11 Å². The van der Waals surface area contributed by atoms with Crippen molar-refractivity contribution in [3.8, 4) is 5.75 Å². The molecule has 1 aromatic rings. The Balaban J connectivity index is 2.52. The normalized spacial score (nSPS) is 13.4. The number of hydrogen-bond acceptors (Lipinski definition) is 3. The van der Waals surface area contributed by atoms with Gasteiger partial charge in [-0.15, -0.1) is 0 Å². The molecule has 0 heterocycles. The van der Waals surface area contributed by atoms with Gasteiger partial charge in [0.05, 0.1) is 19.8 Å². The summed E-state index contributed by atoms with van der Waals surface area (Å²) >= 11 is 0. The first-order valence-corrected chi connectivity index (χ1v) is 5.39. The Bertz CT molecular complexity index is 582. The second kappa shape index (κ2) is 4.87. The molecule has 3 heteroatoms. The minimum absolute atomic E-state index is 0.304.